The van der Waals surface area contributed by atoms with E-state index in [1.807, 2.05) is 6.07 Å². The summed E-state index contributed by atoms with van der Waals surface area (Å²) in [6.07, 6.45) is 3.27. The largest absolute Gasteiger partial charge is 0.376 e. The summed E-state index contributed by atoms with van der Waals surface area (Å²) < 4.78 is 0. The third kappa shape index (κ3) is 3.08. The van der Waals surface area contributed by atoms with Gasteiger partial charge in [0, 0.05) is 12.1 Å². The fourth-order valence-electron chi connectivity index (χ4n) is 2.96. The molecule has 1 aliphatic carbocycles. The molecule has 1 saturated carbocycles. The van der Waals surface area contributed by atoms with Gasteiger partial charge in [-0.1, -0.05) is 13.8 Å². The summed E-state index contributed by atoms with van der Waals surface area (Å²) in [7, 11) is 0. The molecule has 0 amide bonds. The minimum Gasteiger partial charge on any atom is -0.376 e. The van der Waals surface area contributed by atoms with E-state index < -0.39 is 4.92 Å². The van der Waals surface area contributed by atoms with E-state index in [-0.39, 0.29) is 11.7 Å². The number of nitrogens with zero attached hydrogens (tertiary/aromatic N) is 2. The number of nitro groups is 1. The highest BCUT2D eigenvalue weighted by atomic mass is 16.6. The third-order valence-electron chi connectivity index (χ3n) is 4.09. The predicted molar refractivity (Wildman–Crippen MR) is 77.4 cm³/mol. The Labute approximate surface area is 118 Å². The Morgan fingerprint density at radius 2 is 2.15 bits per heavy atom. The number of rotatable bonds is 3. The molecule has 5 nitrogen and oxygen atoms in total. The fourth-order valence-corrected chi connectivity index (χ4v) is 2.96. The Kier molecular flexibility index (Phi) is 4.23. The second-order valence-corrected chi connectivity index (χ2v) is 5.75. The van der Waals surface area contributed by atoms with Gasteiger partial charge in [-0.3, -0.25) is 10.1 Å². The van der Waals surface area contributed by atoms with E-state index in [1.165, 1.54) is 12.1 Å². The lowest BCUT2D eigenvalue weighted by atomic mass is 9.80. The van der Waals surface area contributed by atoms with E-state index in [9.17, 15) is 10.1 Å². The lowest BCUT2D eigenvalue weighted by Gasteiger charge is -2.33. The van der Waals surface area contributed by atoms with E-state index in [0.29, 0.717) is 23.1 Å². The normalized spacial score (nSPS) is 25.8. The number of hydrogen-bond donors (Lipinski definition) is 1. The molecule has 0 saturated heterocycles. The zero-order valence-corrected chi connectivity index (χ0v) is 11.8. The zero-order valence-electron chi connectivity index (χ0n) is 11.8. The highest BCUT2D eigenvalue weighted by Crippen LogP contribution is 2.33. The quantitative estimate of drug-likeness (QED) is 0.672. The molecule has 0 spiro atoms. The van der Waals surface area contributed by atoms with E-state index in [2.05, 4.69) is 19.2 Å². The molecule has 2 rings (SSSR count). The molecule has 20 heavy (non-hydrogen) atoms. The van der Waals surface area contributed by atoms with Crippen LogP contribution in [0.25, 0.3) is 0 Å². The van der Waals surface area contributed by atoms with Crippen molar-refractivity contribution in [1.29, 1.82) is 5.26 Å². The maximum atomic E-state index is 11.1. The minimum atomic E-state index is -0.403. The molecule has 0 aromatic heterocycles. The fraction of sp³-hybridized carbons (Fsp3) is 0.533. The van der Waals surface area contributed by atoms with Crippen molar-refractivity contribution in [3.63, 3.8) is 0 Å². The molecule has 106 valence electrons. The van der Waals surface area contributed by atoms with Crippen LogP contribution in [0.2, 0.25) is 0 Å². The first-order chi connectivity index (χ1) is 9.51. The maximum Gasteiger partial charge on any atom is 0.292 e. The molecule has 5 heteroatoms. The summed E-state index contributed by atoms with van der Waals surface area (Å²) in [6, 6.07) is 6.72. The van der Waals surface area contributed by atoms with Gasteiger partial charge in [0.1, 0.15) is 5.69 Å². The van der Waals surface area contributed by atoms with E-state index >= 15 is 0 Å². The standard InChI is InChI=1S/C15H19N3O2/c1-10-3-5-13(11(2)7-10)17-14-8-12(9-16)4-6-15(14)18(19)20/h4,6,8,10-11,13,17H,3,5,7H2,1-2H3. The molecule has 0 bridgehead atoms. The summed E-state index contributed by atoms with van der Waals surface area (Å²) in [6.45, 7) is 4.42. The molecule has 0 aliphatic heterocycles. The molecule has 1 N–H and O–H groups in total. The number of hydrogen-bond acceptors (Lipinski definition) is 4. The summed E-state index contributed by atoms with van der Waals surface area (Å²) in [5, 5.41) is 23.3. The van der Waals surface area contributed by atoms with Crippen molar-refractivity contribution >= 4 is 11.4 Å². The van der Waals surface area contributed by atoms with Crippen LogP contribution in [-0.2, 0) is 0 Å². The first-order valence-electron chi connectivity index (χ1n) is 6.96. The molecular formula is C15H19N3O2. The van der Waals surface area contributed by atoms with Crippen LogP contribution in [0.5, 0.6) is 0 Å². The smallest absolute Gasteiger partial charge is 0.292 e. The van der Waals surface area contributed by atoms with Gasteiger partial charge in [0.2, 0.25) is 0 Å². The molecule has 3 atom stereocenters. The predicted octanol–water partition coefficient (Wildman–Crippen LogP) is 3.70. The van der Waals surface area contributed by atoms with Gasteiger partial charge in [0.25, 0.3) is 5.69 Å². The van der Waals surface area contributed by atoms with Crippen LogP contribution >= 0.6 is 0 Å². The number of benzene rings is 1. The van der Waals surface area contributed by atoms with Gasteiger partial charge in [0.15, 0.2) is 0 Å². The van der Waals surface area contributed by atoms with Crippen LogP contribution < -0.4 is 5.32 Å². The van der Waals surface area contributed by atoms with Gasteiger partial charge in [0.05, 0.1) is 16.6 Å². The van der Waals surface area contributed by atoms with Crippen LogP contribution in [0.4, 0.5) is 11.4 Å². The topological polar surface area (TPSA) is 79.0 Å². The first-order valence-corrected chi connectivity index (χ1v) is 6.96. The maximum absolute atomic E-state index is 11.1. The zero-order chi connectivity index (χ0) is 14.7. The molecule has 1 aliphatic rings. The summed E-state index contributed by atoms with van der Waals surface area (Å²) >= 11 is 0. The Bertz CT molecular complexity index is 551. The Balaban J connectivity index is 2.23. The Morgan fingerprint density at radius 3 is 2.75 bits per heavy atom. The molecule has 0 radical (unpaired) electrons. The van der Waals surface area contributed by atoms with Gasteiger partial charge in [-0.25, -0.2) is 0 Å². The molecule has 0 heterocycles. The van der Waals surface area contributed by atoms with Gasteiger partial charge in [-0.15, -0.1) is 0 Å². The van der Waals surface area contributed by atoms with Crippen molar-refractivity contribution in [3.05, 3.63) is 33.9 Å². The van der Waals surface area contributed by atoms with Crippen molar-refractivity contribution in [2.45, 2.75) is 39.2 Å². The molecule has 3 unspecified atom stereocenters. The van der Waals surface area contributed by atoms with Crippen molar-refractivity contribution in [3.8, 4) is 6.07 Å². The van der Waals surface area contributed by atoms with Gasteiger partial charge < -0.3 is 5.32 Å². The van der Waals surface area contributed by atoms with Crippen LogP contribution in [0, 0.1) is 33.3 Å². The van der Waals surface area contributed by atoms with Crippen molar-refractivity contribution in [2.24, 2.45) is 11.8 Å². The number of anilines is 1. The van der Waals surface area contributed by atoms with Crippen molar-refractivity contribution < 1.29 is 4.92 Å². The SMILES string of the molecule is CC1CCC(Nc2cc(C#N)ccc2[N+](=O)[O-])C(C)C1. The molecule has 1 aromatic rings. The molecule has 1 fully saturated rings. The van der Waals surface area contributed by atoms with E-state index in [1.54, 1.807) is 6.07 Å². The van der Waals surface area contributed by atoms with E-state index in [4.69, 9.17) is 5.26 Å². The lowest BCUT2D eigenvalue weighted by Crippen LogP contribution is -2.33. The lowest BCUT2D eigenvalue weighted by molar-refractivity contribution is -0.384. The van der Waals surface area contributed by atoms with Crippen LogP contribution in [0.3, 0.4) is 0 Å². The number of nitrogens with one attached hydrogen (secondary N) is 1. The average molecular weight is 273 g/mol. The van der Waals surface area contributed by atoms with Crippen LogP contribution in [0.1, 0.15) is 38.7 Å². The summed E-state index contributed by atoms with van der Waals surface area (Å²) in [4.78, 5) is 10.7. The summed E-state index contributed by atoms with van der Waals surface area (Å²) in [5.41, 5.74) is 0.935. The van der Waals surface area contributed by atoms with Gasteiger partial charge >= 0.3 is 0 Å². The van der Waals surface area contributed by atoms with Crippen molar-refractivity contribution in [1.82, 2.24) is 0 Å². The second-order valence-electron chi connectivity index (χ2n) is 5.75. The van der Waals surface area contributed by atoms with Gasteiger partial charge in [-0.05, 0) is 43.2 Å². The molecule has 1 aromatic carbocycles. The monoisotopic (exact) mass is 273 g/mol. The Morgan fingerprint density at radius 1 is 1.40 bits per heavy atom. The molecular weight excluding hydrogens is 254 g/mol. The third-order valence-corrected chi connectivity index (χ3v) is 4.09. The van der Waals surface area contributed by atoms with Gasteiger partial charge in [-0.2, -0.15) is 5.26 Å². The summed E-state index contributed by atoms with van der Waals surface area (Å²) in [5.74, 6) is 1.19. The number of nitro benzene ring substituents is 1. The minimum absolute atomic E-state index is 0.0369. The second kappa shape index (κ2) is 5.91. The van der Waals surface area contributed by atoms with Crippen LogP contribution in [-0.4, -0.2) is 11.0 Å². The van der Waals surface area contributed by atoms with E-state index in [0.717, 1.165) is 19.3 Å². The highest BCUT2D eigenvalue weighted by Gasteiger charge is 2.27. The Hall–Kier alpha value is -2.09. The average Bonchev–Trinajstić information content (AvgIpc) is 2.41. The number of nitriles is 1. The van der Waals surface area contributed by atoms with Crippen LogP contribution in [0.15, 0.2) is 18.2 Å². The highest BCUT2D eigenvalue weighted by molar-refractivity contribution is 5.64. The van der Waals surface area contributed by atoms with Crippen molar-refractivity contribution in [2.75, 3.05) is 5.32 Å². The first kappa shape index (κ1) is 14.3.